The molecule has 0 saturated heterocycles. The normalized spacial score (nSPS) is 15.5. The van der Waals surface area contributed by atoms with Crippen LogP contribution < -0.4 is 4.74 Å². The van der Waals surface area contributed by atoms with E-state index in [0.29, 0.717) is 11.1 Å². The van der Waals surface area contributed by atoms with Crippen molar-refractivity contribution in [2.75, 3.05) is 13.4 Å². The van der Waals surface area contributed by atoms with Gasteiger partial charge in [0, 0.05) is 4.90 Å². The van der Waals surface area contributed by atoms with E-state index in [1.54, 1.807) is 30.8 Å². The van der Waals surface area contributed by atoms with Crippen LogP contribution in [0.25, 0.3) is 17.7 Å². The maximum Gasteiger partial charge on any atom is 0.310 e. The lowest BCUT2D eigenvalue weighted by molar-refractivity contribution is -0.139. The Balaban J connectivity index is 2.13. The van der Waals surface area contributed by atoms with Gasteiger partial charge in [0.05, 0.1) is 13.0 Å². The Morgan fingerprint density at radius 1 is 1.27 bits per heavy atom. The number of hydrogen-bond acceptors (Lipinski definition) is 3. The minimum atomic E-state index is -0.917. The van der Waals surface area contributed by atoms with Gasteiger partial charge in [0.15, 0.2) is 11.6 Å². The Kier molecular flexibility index (Phi) is 5.18. The van der Waals surface area contributed by atoms with Crippen molar-refractivity contribution in [3.63, 3.8) is 0 Å². The van der Waals surface area contributed by atoms with Gasteiger partial charge >= 0.3 is 5.97 Å². The van der Waals surface area contributed by atoms with Gasteiger partial charge in [-0.15, -0.1) is 11.8 Å². The zero-order valence-electron chi connectivity index (χ0n) is 14.7. The second-order valence-corrected chi connectivity index (χ2v) is 6.94. The molecule has 0 radical (unpaired) electrons. The first-order valence-electron chi connectivity index (χ1n) is 8.13. The highest BCUT2D eigenvalue weighted by molar-refractivity contribution is 7.98. The van der Waals surface area contributed by atoms with Crippen molar-refractivity contribution in [3.8, 4) is 5.75 Å². The lowest BCUT2D eigenvalue weighted by Gasteiger charge is -2.12. The van der Waals surface area contributed by atoms with Gasteiger partial charge < -0.3 is 9.84 Å². The van der Waals surface area contributed by atoms with E-state index in [-0.39, 0.29) is 5.75 Å². The van der Waals surface area contributed by atoms with Crippen LogP contribution in [0.3, 0.4) is 0 Å². The van der Waals surface area contributed by atoms with E-state index < -0.39 is 17.7 Å². The third-order valence-electron chi connectivity index (χ3n) is 4.50. The number of ether oxygens (including phenoxy) is 1. The fourth-order valence-electron chi connectivity index (χ4n) is 3.00. The second-order valence-electron chi connectivity index (χ2n) is 6.06. The number of rotatable bonds is 5. The number of methoxy groups -OCH3 is 1. The third kappa shape index (κ3) is 3.40. The standard InChI is InChI=1S/C21H19FO3S/c1-12(21(23)24)16-9-14-10-20(25-2)19(22)11-17(14)18(16)8-13-4-6-15(26-3)7-5-13/h4-12H,1-3H3,(H,23,24). The Morgan fingerprint density at radius 3 is 2.54 bits per heavy atom. The van der Waals surface area contributed by atoms with E-state index >= 15 is 0 Å². The Morgan fingerprint density at radius 2 is 1.96 bits per heavy atom. The summed E-state index contributed by atoms with van der Waals surface area (Å²) in [6.45, 7) is 1.64. The first-order chi connectivity index (χ1) is 12.4. The summed E-state index contributed by atoms with van der Waals surface area (Å²) in [6, 6.07) is 11.0. The average Bonchev–Trinajstić information content (AvgIpc) is 2.98. The zero-order chi connectivity index (χ0) is 18.8. The van der Waals surface area contributed by atoms with Crippen LogP contribution in [0.4, 0.5) is 4.39 Å². The number of thioether (sulfide) groups is 1. The topological polar surface area (TPSA) is 46.5 Å². The number of allylic oxidation sites excluding steroid dienone is 1. The Labute approximate surface area is 156 Å². The molecule has 3 nitrogen and oxygen atoms in total. The largest absolute Gasteiger partial charge is 0.494 e. The molecule has 0 saturated carbocycles. The first kappa shape index (κ1) is 18.3. The fraction of sp³-hybridized carbons (Fsp3) is 0.190. The minimum Gasteiger partial charge on any atom is -0.494 e. The van der Waals surface area contributed by atoms with Gasteiger partial charge in [0.2, 0.25) is 0 Å². The molecule has 0 fully saturated rings. The summed E-state index contributed by atoms with van der Waals surface area (Å²) in [5, 5.41) is 9.46. The molecule has 2 aromatic carbocycles. The van der Waals surface area contributed by atoms with E-state index in [2.05, 4.69) is 0 Å². The third-order valence-corrected chi connectivity index (χ3v) is 5.24. The predicted octanol–water partition coefficient (Wildman–Crippen LogP) is 5.21. The molecule has 1 aliphatic rings. The SMILES string of the molecule is COc1cc2c(cc1F)C(=Cc1ccc(SC)cc1)C(C(C)C(=O)O)=C2. The molecule has 2 aromatic rings. The number of halogens is 1. The lowest BCUT2D eigenvalue weighted by Crippen LogP contribution is -2.11. The van der Waals surface area contributed by atoms with Crippen molar-refractivity contribution >= 4 is 35.5 Å². The van der Waals surface area contributed by atoms with Gasteiger partial charge in [-0.1, -0.05) is 12.1 Å². The summed E-state index contributed by atoms with van der Waals surface area (Å²) in [5.74, 6) is -1.94. The number of aliphatic carboxylic acids is 1. The van der Waals surface area contributed by atoms with Crippen LogP contribution in [0.15, 0.2) is 46.9 Å². The van der Waals surface area contributed by atoms with E-state index in [9.17, 15) is 14.3 Å². The van der Waals surface area contributed by atoms with Gasteiger partial charge in [-0.05, 0) is 77.4 Å². The van der Waals surface area contributed by atoms with Crippen molar-refractivity contribution in [2.24, 2.45) is 5.92 Å². The highest BCUT2D eigenvalue weighted by atomic mass is 32.2. The average molecular weight is 370 g/mol. The number of carboxylic acids is 1. The molecular weight excluding hydrogens is 351 g/mol. The second kappa shape index (κ2) is 7.38. The molecule has 1 atom stereocenters. The summed E-state index contributed by atoms with van der Waals surface area (Å²) < 4.78 is 19.3. The number of benzene rings is 2. The molecule has 134 valence electrons. The quantitative estimate of drug-likeness (QED) is 0.734. The Hall–Kier alpha value is -2.53. The van der Waals surface area contributed by atoms with Crippen LogP contribution in [0.2, 0.25) is 0 Å². The van der Waals surface area contributed by atoms with E-state index in [0.717, 1.165) is 21.6 Å². The van der Waals surface area contributed by atoms with Gasteiger partial charge in [-0.3, -0.25) is 4.79 Å². The van der Waals surface area contributed by atoms with Crippen LogP contribution >= 0.6 is 11.8 Å². The van der Waals surface area contributed by atoms with Gasteiger partial charge in [0.1, 0.15) is 0 Å². The molecule has 1 aliphatic carbocycles. The predicted molar refractivity (Wildman–Crippen MR) is 104 cm³/mol. The van der Waals surface area contributed by atoms with Gasteiger partial charge in [-0.2, -0.15) is 0 Å². The van der Waals surface area contributed by atoms with Crippen LogP contribution in [0, 0.1) is 11.7 Å². The van der Waals surface area contributed by atoms with Crippen molar-refractivity contribution in [1.29, 1.82) is 0 Å². The first-order valence-corrected chi connectivity index (χ1v) is 9.35. The highest BCUT2D eigenvalue weighted by Crippen LogP contribution is 2.42. The maximum absolute atomic E-state index is 14.2. The van der Waals surface area contributed by atoms with Crippen LogP contribution in [-0.2, 0) is 4.79 Å². The molecule has 0 aromatic heterocycles. The summed E-state index contributed by atoms with van der Waals surface area (Å²) in [4.78, 5) is 12.7. The van der Waals surface area contributed by atoms with Crippen molar-refractivity contribution in [1.82, 2.24) is 0 Å². The molecule has 3 rings (SSSR count). The van der Waals surface area contributed by atoms with E-state index in [1.165, 1.54) is 13.2 Å². The van der Waals surface area contributed by atoms with Crippen molar-refractivity contribution in [2.45, 2.75) is 11.8 Å². The van der Waals surface area contributed by atoms with Crippen molar-refractivity contribution in [3.05, 3.63) is 64.5 Å². The molecule has 26 heavy (non-hydrogen) atoms. The summed E-state index contributed by atoms with van der Waals surface area (Å²) in [6.07, 6.45) is 5.72. The zero-order valence-corrected chi connectivity index (χ0v) is 15.6. The molecule has 1 N–H and O–H groups in total. The Bertz CT molecular complexity index is 914. The molecule has 0 amide bonds. The van der Waals surface area contributed by atoms with Gasteiger partial charge in [-0.25, -0.2) is 4.39 Å². The molecule has 0 heterocycles. The molecule has 1 unspecified atom stereocenters. The number of carboxylic acid groups (broad SMARTS) is 1. The number of hydrogen-bond donors (Lipinski definition) is 1. The lowest BCUT2D eigenvalue weighted by atomic mass is 9.92. The molecule has 0 aliphatic heterocycles. The van der Waals surface area contributed by atoms with E-state index in [1.807, 2.05) is 36.6 Å². The van der Waals surface area contributed by atoms with Crippen LogP contribution in [0.1, 0.15) is 23.6 Å². The number of fused-ring (bicyclic) bond motifs is 1. The molecular formula is C21H19FO3S. The fourth-order valence-corrected chi connectivity index (χ4v) is 3.41. The monoisotopic (exact) mass is 370 g/mol. The minimum absolute atomic E-state index is 0.146. The van der Waals surface area contributed by atoms with Crippen molar-refractivity contribution < 1.29 is 19.0 Å². The highest BCUT2D eigenvalue weighted by Gasteiger charge is 2.28. The summed E-state index contributed by atoms with van der Waals surface area (Å²) in [7, 11) is 1.41. The van der Waals surface area contributed by atoms with Crippen LogP contribution in [-0.4, -0.2) is 24.4 Å². The molecule has 5 heteroatoms. The maximum atomic E-state index is 14.2. The number of carbonyl (C=O) groups is 1. The summed E-state index contributed by atoms with van der Waals surface area (Å²) in [5.41, 5.74) is 3.77. The smallest absolute Gasteiger partial charge is 0.310 e. The summed E-state index contributed by atoms with van der Waals surface area (Å²) >= 11 is 1.65. The van der Waals surface area contributed by atoms with Crippen LogP contribution in [0.5, 0.6) is 5.75 Å². The molecule has 0 bridgehead atoms. The molecule has 0 spiro atoms. The van der Waals surface area contributed by atoms with Gasteiger partial charge in [0.25, 0.3) is 0 Å². The van der Waals surface area contributed by atoms with E-state index in [4.69, 9.17) is 4.74 Å².